The maximum atomic E-state index is 14.9. The maximum absolute atomic E-state index is 14.9. The highest BCUT2D eigenvalue weighted by molar-refractivity contribution is 8.00. The van der Waals surface area contributed by atoms with Gasteiger partial charge in [-0.15, -0.1) is 11.8 Å². The quantitative estimate of drug-likeness (QED) is 0.0313. The molecular formula is C57H56N4O7S. The van der Waals surface area contributed by atoms with Crippen LogP contribution < -0.4 is 16.0 Å². The first-order valence-electron chi connectivity index (χ1n) is 23.0. The number of carbonyl (C=O) groups excluding carboxylic acids is 4. The molecule has 0 bridgehead atoms. The highest BCUT2D eigenvalue weighted by atomic mass is 32.2. The molecule has 1 aliphatic rings. The molecule has 0 heterocycles. The van der Waals surface area contributed by atoms with Gasteiger partial charge in [0.25, 0.3) is 0 Å². The van der Waals surface area contributed by atoms with Gasteiger partial charge in [0.2, 0.25) is 11.8 Å². The second-order valence-corrected chi connectivity index (χ2v) is 18.4. The number of esters is 1. The number of aliphatic hydroxyl groups excluding tert-OH is 1. The molecule has 7 rings (SSSR count). The van der Waals surface area contributed by atoms with Crippen molar-refractivity contribution in [2.24, 2.45) is 5.92 Å². The van der Waals surface area contributed by atoms with E-state index in [0.717, 1.165) is 38.9 Å². The lowest BCUT2D eigenvalue weighted by molar-refractivity contribution is -0.145. The fraction of sp³-hybridized carbons (Fsp3) is 0.246. The first kappa shape index (κ1) is 49.4. The van der Waals surface area contributed by atoms with Crippen LogP contribution in [0.15, 0.2) is 176 Å². The summed E-state index contributed by atoms with van der Waals surface area (Å²) in [5.41, 5.74) is 7.92. The highest BCUT2D eigenvalue weighted by Crippen LogP contribution is 2.49. The SMILES string of the molecule is C=CCOC(=O)C[C@H](O)[C@H](NC(=O)[C@@H](CSC(c1ccccc1)(c1ccccc1)c1ccccc1)NC(=O)[C@@H](Cc1cccc(C#N)c1)NC(=O)OCC1c2ccccc2-c2ccccc21)C(C)C. The largest absolute Gasteiger partial charge is 0.461 e. The van der Waals surface area contributed by atoms with E-state index < -0.39 is 59.3 Å². The Morgan fingerprint density at radius 2 is 1.25 bits per heavy atom. The molecule has 0 saturated heterocycles. The average Bonchev–Trinajstić information content (AvgIpc) is 3.70. The topological polar surface area (TPSA) is 167 Å². The highest BCUT2D eigenvalue weighted by Gasteiger charge is 2.40. The number of alkyl carbamates (subject to hydrolysis) is 1. The van der Waals surface area contributed by atoms with Crippen molar-refractivity contribution >= 4 is 35.6 Å². The third-order valence-corrected chi connectivity index (χ3v) is 13.9. The van der Waals surface area contributed by atoms with Gasteiger partial charge in [-0.2, -0.15) is 5.26 Å². The van der Waals surface area contributed by atoms with E-state index in [-0.39, 0.29) is 37.2 Å². The number of hydrogen-bond acceptors (Lipinski definition) is 9. The number of nitrogens with one attached hydrogen (secondary N) is 3. The maximum Gasteiger partial charge on any atom is 0.407 e. The van der Waals surface area contributed by atoms with Gasteiger partial charge in [0.1, 0.15) is 25.3 Å². The van der Waals surface area contributed by atoms with E-state index in [1.807, 2.05) is 140 Å². The zero-order chi connectivity index (χ0) is 48.8. The summed E-state index contributed by atoms with van der Waals surface area (Å²) < 4.78 is 10.2. The van der Waals surface area contributed by atoms with E-state index in [1.54, 1.807) is 38.1 Å². The van der Waals surface area contributed by atoms with Crippen molar-refractivity contribution in [2.45, 2.75) is 61.6 Å². The Balaban J connectivity index is 1.22. The zero-order valence-corrected chi connectivity index (χ0v) is 39.4. The molecule has 6 aromatic carbocycles. The summed E-state index contributed by atoms with van der Waals surface area (Å²) in [6, 6.07) is 51.1. The second-order valence-electron chi connectivity index (χ2n) is 17.2. The van der Waals surface area contributed by atoms with Crippen LogP contribution in [-0.4, -0.2) is 72.2 Å². The number of ether oxygens (including phenoxy) is 2. The monoisotopic (exact) mass is 940 g/mol. The number of rotatable bonds is 21. The molecule has 0 fully saturated rings. The molecular weight excluding hydrogens is 885 g/mol. The van der Waals surface area contributed by atoms with Crippen molar-refractivity contribution in [1.29, 1.82) is 5.26 Å². The molecule has 12 heteroatoms. The van der Waals surface area contributed by atoms with E-state index >= 15 is 0 Å². The molecule has 352 valence electrons. The smallest absolute Gasteiger partial charge is 0.407 e. The van der Waals surface area contributed by atoms with Gasteiger partial charge in [-0.3, -0.25) is 14.4 Å². The van der Waals surface area contributed by atoms with Crippen LogP contribution in [0.25, 0.3) is 11.1 Å². The van der Waals surface area contributed by atoms with Crippen LogP contribution in [0.2, 0.25) is 0 Å². The molecule has 0 saturated carbocycles. The summed E-state index contributed by atoms with van der Waals surface area (Å²) in [6.07, 6.45) is -1.19. The number of hydrogen-bond donors (Lipinski definition) is 4. The summed E-state index contributed by atoms with van der Waals surface area (Å²) in [7, 11) is 0. The zero-order valence-electron chi connectivity index (χ0n) is 38.6. The number of nitrogens with zero attached hydrogens (tertiary/aromatic N) is 1. The standard InChI is InChI=1S/C57H56N4O7S/c1-4-31-67-52(63)34-51(62)53(38(2)3)61-55(65)50(37-69-57(41-21-8-5-9-22-41,42-23-10-6-11-24-42)43-25-12-7-13-26-43)59-54(64)49(33-39-19-18-20-40(32-39)35-58)60-56(66)68-36-48-46-29-16-14-27-44(46)45-28-15-17-30-47(45)48/h4-30,32,38,48-51,53,62H,1,31,33-34,36-37H2,2-3H3,(H,59,64)(H,60,66)(H,61,65)/t49-,50-,51+,53-/m1/s1. The van der Waals surface area contributed by atoms with Gasteiger partial charge in [0, 0.05) is 18.1 Å². The minimum absolute atomic E-state index is 0.000124. The van der Waals surface area contributed by atoms with E-state index in [2.05, 4.69) is 28.6 Å². The van der Waals surface area contributed by atoms with Gasteiger partial charge in [0.15, 0.2) is 0 Å². The molecule has 11 nitrogen and oxygen atoms in total. The lowest BCUT2D eigenvalue weighted by atomic mass is 9.84. The average molecular weight is 941 g/mol. The van der Waals surface area contributed by atoms with Crippen molar-refractivity contribution in [1.82, 2.24) is 16.0 Å². The van der Waals surface area contributed by atoms with Crippen LogP contribution in [0.4, 0.5) is 4.79 Å². The normalized spacial score (nSPS) is 13.6. The van der Waals surface area contributed by atoms with Crippen molar-refractivity contribution in [2.75, 3.05) is 19.0 Å². The fourth-order valence-corrected chi connectivity index (χ4v) is 10.5. The van der Waals surface area contributed by atoms with Crippen LogP contribution in [0.5, 0.6) is 0 Å². The summed E-state index contributed by atoms with van der Waals surface area (Å²) >= 11 is 1.45. The Kier molecular flexibility index (Phi) is 16.8. The molecule has 0 aliphatic heterocycles. The summed E-state index contributed by atoms with van der Waals surface area (Å²) in [4.78, 5) is 56.4. The molecule has 1 aliphatic carbocycles. The molecule has 0 radical (unpaired) electrons. The Hall–Kier alpha value is -7.46. The molecule has 69 heavy (non-hydrogen) atoms. The molecule has 0 aromatic heterocycles. The van der Waals surface area contributed by atoms with Gasteiger partial charge in [-0.05, 0) is 62.6 Å². The van der Waals surface area contributed by atoms with E-state index in [9.17, 15) is 29.5 Å². The third kappa shape index (κ3) is 12.0. The third-order valence-electron chi connectivity index (χ3n) is 12.3. The summed E-state index contributed by atoms with van der Waals surface area (Å²) in [5.74, 6) is -2.56. The van der Waals surface area contributed by atoms with Gasteiger partial charge < -0.3 is 30.5 Å². The minimum atomic E-state index is -1.33. The first-order valence-corrected chi connectivity index (χ1v) is 24.0. The van der Waals surface area contributed by atoms with Crippen LogP contribution in [-0.2, 0) is 35.0 Å². The molecule has 6 aromatic rings. The van der Waals surface area contributed by atoms with Crippen molar-refractivity contribution in [3.63, 3.8) is 0 Å². The van der Waals surface area contributed by atoms with Crippen molar-refractivity contribution in [3.8, 4) is 17.2 Å². The van der Waals surface area contributed by atoms with Crippen molar-refractivity contribution < 1.29 is 33.8 Å². The molecule has 3 amide bonds. The molecule has 0 unspecified atom stereocenters. The fourth-order valence-electron chi connectivity index (χ4n) is 8.91. The Bertz CT molecular complexity index is 2620. The number of nitriles is 1. The first-order chi connectivity index (χ1) is 33.5. The Labute approximate surface area is 408 Å². The Morgan fingerprint density at radius 3 is 1.78 bits per heavy atom. The van der Waals surface area contributed by atoms with E-state index in [0.29, 0.717) is 11.1 Å². The van der Waals surface area contributed by atoms with Gasteiger partial charge in [-0.25, -0.2) is 4.79 Å². The van der Waals surface area contributed by atoms with Gasteiger partial charge in [-0.1, -0.05) is 178 Å². The summed E-state index contributed by atoms with van der Waals surface area (Å²) in [5, 5.41) is 29.9. The lowest BCUT2D eigenvalue weighted by Crippen LogP contribution is -2.58. The number of thioether (sulfide) groups is 1. The number of fused-ring (bicyclic) bond motifs is 3. The van der Waals surface area contributed by atoms with Gasteiger partial charge in [0.05, 0.1) is 34.9 Å². The second kappa shape index (κ2) is 23.5. The van der Waals surface area contributed by atoms with E-state index in [4.69, 9.17) is 9.47 Å². The van der Waals surface area contributed by atoms with Crippen LogP contribution >= 0.6 is 11.8 Å². The molecule has 4 N–H and O–H groups in total. The Morgan fingerprint density at radius 1 is 0.710 bits per heavy atom. The number of benzene rings is 6. The minimum Gasteiger partial charge on any atom is -0.461 e. The van der Waals surface area contributed by atoms with Crippen molar-refractivity contribution in [3.05, 3.63) is 215 Å². The van der Waals surface area contributed by atoms with Crippen LogP contribution in [0.3, 0.4) is 0 Å². The van der Waals surface area contributed by atoms with E-state index in [1.165, 1.54) is 17.8 Å². The van der Waals surface area contributed by atoms with Gasteiger partial charge >= 0.3 is 12.1 Å². The predicted octanol–water partition coefficient (Wildman–Crippen LogP) is 8.84. The summed E-state index contributed by atoms with van der Waals surface area (Å²) in [6.45, 7) is 7.15. The number of aliphatic hydroxyl groups is 1. The predicted molar refractivity (Wildman–Crippen MR) is 269 cm³/mol. The lowest BCUT2D eigenvalue weighted by Gasteiger charge is -2.37. The number of amides is 3. The van der Waals surface area contributed by atoms with Crippen LogP contribution in [0, 0.1) is 17.2 Å². The molecule has 0 spiro atoms. The van der Waals surface area contributed by atoms with Crippen LogP contribution in [0.1, 0.15) is 65.1 Å². The number of carbonyl (C=O) groups is 4. The molecule has 4 atom stereocenters.